The number of aromatic nitrogens is 2. The zero-order valence-corrected chi connectivity index (χ0v) is 9.12. The summed E-state index contributed by atoms with van der Waals surface area (Å²) in [6.07, 6.45) is 2.70. The number of ether oxygens (including phenoxy) is 1. The van der Waals surface area contributed by atoms with Crippen molar-refractivity contribution < 1.29 is 14.3 Å². The van der Waals surface area contributed by atoms with E-state index in [-0.39, 0.29) is 23.2 Å². The molecular formula is C11H9FN4O2. The third kappa shape index (κ3) is 2.34. The van der Waals surface area contributed by atoms with Crippen LogP contribution < -0.4 is 10.5 Å². The monoisotopic (exact) mass is 248 g/mol. The van der Waals surface area contributed by atoms with E-state index in [0.717, 1.165) is 0 Å². The summed E-state index contributed by atoms with van der Waals surface area (Å²) in [7, 11) is 0. The molecule has 0 amide bonds. The molecule has 1 heterocycles. The normalized spacial score (nSPS) is 11.3. The third-order valence-corrected chi connectivity index (χ3v) is 2.06. The molecule has 0 atom stereocenters. The number of benzene rings is 1. The highest BCUT2D eigenvalue weighted by molar-refractivity contribution is 5.97. The average molecular weight is 248 g/mol. The largest absolute Gasteiger partial charge is 0.434 e. The van der Waals surface area contributed by atoms with Crippen LogP contribution in [-0.2, 0) is 0 Å². The summed E-state index contributed by atoms with van der Waals surface area (Å²) in [5.74, 6) is -0.883. The van der Waals surface area contributed by atoms with E-state index in [1.807, 2.05) is 0 Å². The maximum absolute atomic E-state index is 13.4. The molecule has 0 fully saturated rings. The summed E-state index contributed by atoms with van der Waals surface area (Å²) in [4.78, 5) is 7.71. The number of hydrogen-bond donors (Lipinski definition) is 2. The van der Waals surface area contributed by atoms with Crippen LogP contribution in [0.3, 0.4) is 0 Å². The fourth-order valence-electron chi connectivity index (χ4n) is 1.25. The molecule has 1 aromatic carbocycles. The quantitative estimate of drug-likeness (QED) is 0.371. The number of hydrogen-bond acceptors (Lipinski definition) is 5. The lowest BCUT2D eigenvalue weighted by molar-refractivity contribution is 0.318. The van der Waals surface area contributed by atoms with Crippen LogP contribution in [0.5, 0.6) is 11.6 Å². The van der Waals surface area contributed by atoms with Gasteiger partial charge in [-0.3, -0.25) is 0 Å². The van der Waals surface area contributed by atoms with Gasteiger partial charge in [-0.05, 0) is 12.1 Å². The number of rotatable bonds is 3. The highest BCUT2D eigenvalue weighted by Crippen LogP contribution is 2.23. The minimum absolute atomic E-state index is 0.0232. The maximum atomic E-state index is 13.4. The van der Waals surface area contributed by atoms with Crippen molar-refractivity contribution >= 4 is 5.84 Å². The molecule has 18 heavy (non-hydrogen) atoms. The molecule has 0 saturated carbocycles. The van der Waals surface area contributed by atoms with E-state index in [2.05, 4.69) is 15.1 Å². The van der Waals surface area contributed by atoms with E-state index in [1.54, 1.807) is 6.07 Å². The van der Waals surface area contributed by atoms with Crippen LogP contribution in [0.1, 0.15) is 5.69 Å². The Morgan fingerprint density at radius 1 is 1.28 bits per heavy atom. The summed E-state index contributed by atoms with van der Waals surface area (Å²) < 4.78 is 18.6. The predicted molar refractivity (Wildman–Crippen MR) is 61.0 cm³/mol. The van der Waals surface area contributed by atoms with Gasteiger partial charge in [-0.25, -0.2) is 14.4 Å². The standard InChI is InChI=1S/C11H9FN4O2/c12-7-3-1-2-4-8(7)18-11-9(10(13)16-17)14-5-6-15-11/h1-6,17H,(H2,13,16). The van der Waals surface area contributed by atoms with Crippen LogP contribution in [0.15, 0.2) is 41.8 Å². The summed E-state index contributed by atoms with van der Waals surface area (Å²) in [5, 5.41) is 11.4. The maximum Gasteiger partial charge on any atom is 0.249 e. The first kappa shape index (κ1) is 11.8. The van der Waals surface area contributed by atoms with Gasteiger partial charge in [-0.2, -0.15) is 0 Å². The Labute approximate surface area is 102 Å². The molecule has 7 heteroatoms. The zero-order valence-electron chi connectivity index (χ0n) is 9.12. The molecule has 0 spiro atoms. The van der Waals surface area contributed by atoms with Crippen molar-refractivity contribution in [3.8, 4) is 11.6 Å². The lowest BCUT2D eigenvalue weighted by Crippen LogP contribution is -2.16. The van der Waals surface area contributed by atoms with Crippen molar-refractivity contribution in [1.82, 2.24) is 9.97 Å². The van der Waals surface area contributed by atoms with Gasteiger partial charge in [-0.15, -0.1) is 0 Å². The van der Waals surface area contributed by atoms with E-state index in [4.69, 9.17) is 15.7 Å². The van der Waals surface area contributed by atoms with Gasteiger partial charge >= 0.3 is 0 Å². The van der Waals surface area contributed by atoms with Crippen LogP contribution in [0.25, 0.3) is 0 Å². The molecule has 0 radical (unpaired) electrons. The van der Waals surface area contributed by atoms with Crippen LogP contribution in [0.2, 0.25) is 0 Å². The molecule has 0 unspecified atom stereocenters. The van der Waals surface area contributed by atoms with Gasteiger partial charge in [0.1, 0.15) is 0 Å². The van der Waals surface area contributed by atoms with Crippen molar-refractivity contribution in [2.45, 2.75) is 0 Å². The predicted octanol–water partition coefficient (Wildman–Crippen LogP) is 1.50. The molecule has 6 nitrogen and oxygen atoms in total. The van der Waals surface area contributed by atoms with Crippen molar-refractivity contribution in [3.63, 3.8) is 0 Å². The molecule has 0 aliphatic carbocycles. The van der Waals surface area contributed by atoms with E-state index >= 15 is 0 Å². The van der Waals surface area contributed by atoms with Gasteiger partial charge in [0.2, 0.25) is 5.88 Å². The fraction of sp³-hybridized carbons (Fsp3) is 0. The van der Waals surface area contributed by atoms with E-state index < -0.39 is 5.82 Å². The first-order valence-electron chi connectivity index (χ1n) is 4.93. The molecule has 0 saturated heterocycles. The van der Waals surface area contributed by atoms with Gasteiger partial charge in [0.05, 0.1) is 0 Å². The Hall–Kier alpha value is -2.70. The number of nitrogens with zero attached hydrogens (tertiary/aromatic N) is 3. The third-order valence-electron chi connectivity index (χ3n) is 2.06. The molecule has 1 aromatic heterocycles. The van der Waals surface area contributed by atoms with E-state index in [9.17, 15) is 4.39 Å². The Morgan fingerprint density at radius 2 is 2.00 bits per heavy atom. The number of nitrogens with two attached hydrogens (primary N) is 1. The molecule has 3 N–H and O–H groups in total. The molecule has 0 aliphatic heterocycles. The van der Waals surface area contributed by atoms with Gasteiger partial charge in [0.25, 0.3) is 0 Å². The summed E-state index contributed by atoms with van der Waals surface area (Å²) in [6, 6.07) is 5.82. The minimum atomic E-state index is -0.548. The Morgan fingerprint density at radius 3 is 2.72 bits per heavy atom. The molecule has 0 aliphatic rings. The Balaban J connectivity index is 2.38. The van der Waals surface area contributed by atoms with Gasteiger partial charge in [0.15, 0.2) is 23.1 Å². The van der Waals surface area contributed by atoms with Gasteiger partial charge in [0, 0.05) is 12.4 Å². The summed E-state index contributed by atoms with van der Waals surface area (Å²) in [6.45, 7) is 0. The molecule has 2 rings (SSSR count). The second kappa shape index (κ2) is 5.09. The van der Waals surface area contributed by atoms with Gasteiger partial charge < -0.3 is 15.7 Å². The lowest BCUT2D eigenvalue weighted by Gasteiger charge is -2.08. The van der Waals surface area contributed by atoms with E-state index in [1.165, 1.54) is 30.6 Å². The van der Waals surface area contributed by atoms with E-state index in [0.29, 0.717) is 0 Å². The first-order valence-corrected chi connectivity index (χ1v) is 4.93. The van der Waals surface area contributed by atoms with Crippen LogP contribution in [0.4, 0.5) is 4.39 Å². The Kier molecular flexibility index (Phi) is 3.33. The first-order chi connectivity index (χ1) is 8.72. The van der Waals surface area contributed by atoms with Crippen LogP contribution in [-0.4, -0.2) is 21.0 Å². The van der Waals surface area contributed by atoms with Crippen LogP contribution in [0, 0.1) is 5.82 Å². The number of para-hydroxylation sites is 1. The highest BCUT2D eigenvalue weighted by atomic mass is 19.1. The number of halogens is 1. The van der Waals surface area contributed by atoms with Crippen molar-refractivity contribution in [3.05, 3.63) is 48.2 Å². The van der Waals surface area contributed by atoms with Gasteiger partial charge in [-0.1, -0.05) is 17.3 Å². The van der Waals surface area contributed by atoms with Crippen molar-refractivity contribution in [1.29, 1.82) is 0 Å². The molecule has 92 valence electrons. The second-order valence-electron chi connectivity index (χ2n) is 3.23. The zero-order chi connectivity index (χ0) is 13.0. The number of oxime groups is 1. The summed E-state index contributed by atoms with van der Waals surface area (Å²) in [5.41, 5.74) is 5.44. The Bertz CT molecular complexity index is 589. The fourth-order valence-corrected chi connectivity index (χ4v) is 1.25. The average Bonchev–Trinajstić information content (AvgIpc) is 2.41. The minimum Gasteiger partial charge on any atom is -0.434 e. The van der Waals surface area contributed by atoms with Crippen LogP contribution >= 0.6 is 0 Å². The molecule has 0 bridgehead atoms. The van der Waals surface area contributed by atoms with Crippen molar-refractivity contribution in [2.24, 2.45) is 10.9 Å². The highest BCUT2D eigenvalue weighted by Gasteiger charge is 2.13. The second-order valence-corrected chi connectivity index (χ2v) is 3.23. The summed E-state index contributed by atoms with van der Waals surface area (Å²) >= 11 is 0. The lowest BCUT2D eigenvalue weighted by atomic mass is 10.3. The van der Waals surface area contributed by atoms with Crippen molar-refractivity contribution in [2.75, 3.05) is 0 Å². The topological polar surface area (TPSA) is 93.6 Å². The molecule has 2 aromatic rings. The number of amidine groups is 1. The SMILES string of the molecule is N/C(=N\O)c1nccnc1Oc1ccccc1F. The smallest absolute Gasteiger partial charge is 0.249 e. The molecular weight excluding hydrogens is 239 g/mol.